The maximum atomic E-state index is 13.1. The van der Waals surface area contributed by atoms with Crippen LogP contribution < -0.4 is 10.6 Å². The van der Waals surface area contributed by atoms with E-state index in [9.17, 15) is 19.1 Å². The average Bonchev–Trinajstić information content (AvgIpc) is 2.56. The van der Waals surface area contributed by atoms with E-state index in [1.54, 1.807) is 32.3 Å². The number of rotatable bonds is 5. The predicted molar refractivity (Wildman–Crippen MR) is 90.5 cm³/mol. The van der Waals surface area contributed by atoms with E-state index in [1.165, 1.54) is 23.1 Å². The van der Waals surface area contributed by atoms with Crippen molar-refractivity contribution in [1.29, 1.82) is 0 Å². The van der Waals surface area contributed by atoms with E-state index < -0.39 is 30.1 Å². The van der Waals surface area contributed by atoms with Gasteiger partial charge in [0.05, 0.1) is 25.2 Å². The smallest absolute Gasteiger partial charge is 0.319 e. The molecule has 7 nitrogen and oxygen atoms in total. The molecule has 0 aromatic heterocycles. The topological polar surface area (TPSA) is 90.9 Å². The lowest BCUT2D eigenvalue weighted by Gasteiger charge is -2.32. The Morgan fingerprint density at radius 1 is 1.32 bits per heavy atom. The van der Waals surface area contributed by atoms with Gasteiger partial charge in [0.1, 0.15) is 11.9 Å². The van der Waals surface area contributed by atoms with Gasteiger partial charge in [0.15, 0.2) is 0 Å². The highest BCUT2D eigenvalue weighted by atomic mass is 19.1. The van der Waals surface area contributed by atoms with Crippen LogP contribution in [0.4, 0.5) is 14.9 Å². The Morgan fingerprint density at radius 3 is 2.72 bits per heavy atom. The molecule has 1 aromatic rings. The Balaban J connectivity index is 1.94. The van der Waals surface area contributed by atoms with Gasteiger partial charge in [-0.15, -0.1) is 0 Å². The number of hydrogen-bond donors (Lipinski definition) is 3. The summed E-state index contributed by atoms with van der Waals surface area (Å²) in [5.74, 6) is -0.554. The third kappa shape index (κ3) is 5.54. The van der Waals surface area contributed by atoms with Crippen molar-refractivity contribution < 1.29 is 23.8 Å². The molecule has 1 aliphatic heterocycles. The number of aliphatic hydroxyl groups is 1. The van der Waals surface area contributed by atoms with Gasteiger partial charge in [-0.05, 0) is 18.2 Å². The molecule has 8 heteroatoms. The van der Waals surface area contributed by atoms with Crippen molar-refractivity contribution >= 4 is 17.6 Å². The Hall–Kier alpha value is -2.45. The number of amides is 3. The zero-order chi connectivity index (χ0) is 18.4. The number of halogens is 1. The first kappa shape index (κ1) is 18.9. The van der Waals surface area contributed by atoms with Gasteiger partial charge in [-0.25, -0.2) is 9.18 Å². The Morgan fingerprint density at radius 2 is 2.08 bits per heavy atom. The van der Waals surface area contributed by atoms with Gasteiger partial charge < -0.3 is 25.4 Å². The molecular formula is C17H22FN3O4. The number of hydrogen-bond acceptors (Lipinski definition) is 4. The lowest BCUT2D eigenvalue weighted by molar-refractivity contribution is -0.132. The molecule has 0 saturated carbocycles. The van der Waals surface area contributed by atoms with Crippen molar-refractivity contribution in [2.45, 2.75) is 24.7 Å². The van der Waals surface area contributed by atoms with E-state index in [0.29, 0.717) is 5.69 Å². The Labute approximate surface area is 145 Å². The number of nitrogens with one attached hydrogen (secondary N) is 2. The molecule has 0 saturated heterocycles. The van der Waals surface area contributed by atoms with Gasteiger partial charge in [0.25, 0.3) is 0 Å². The van der Waals surface area contributed by atoms with Crippen molar-refractivity contribution in [2.75, 3.05) is 26.0 Å². The van der Waals surface area contributed by atoms with Crippen LogP contribution in [0.1, 0.15) is 6.42 Å². The molecule has 3 N–H and O–H groups in total. The van der Waals surface area contributed by atoms with Crippen molar-refractivity contribution in [1.82, 2.24) is 10.2 Å². The zero-order valence-electron chi connectivity index (χ0n) is 14.1. The lowest BCUT2D eigenvalue weighted by Crippen LogP contribution is -2.50. The van der Waals surface area contributed by atoms with Gasteiger partial charge >= 0.3 is 6.03 Å². The van der Waals surface area contributed by atoms with Crippen molar-refractivity contribution in [3.8, 4) is 0 Å². The number of urea groups is 1. The predicted octanol–water partition coefficient (Wildman–Crippen LogP) is 1.11. The fraction of sp³-hybridized carbons (Fsp3) is 0.412. The summed E-state index contributed by atoms with van der Waals surface area (Å²) in [5, 5.41) is 14.6. The number of nitrogens with zero attached hydrogens (tertiary/aromatic N) is 1. The van der Waals surface area contributed by atoms with E-state index in [2.05, 4.69) is 10.6 Å². The second-order valence-corrected chi connectivity index (χ2v) is 5.91. The highest BCUT2D eigenvalue weighted by Crippen LogP contribution is 2.17. The van der Waals surface area contributed by atoms with Crippen LogP contribution in [0.3, 0.4) is 0 Å². The van der Waals surface area contributed by atoms with Crippen LogP contribution in [-0.2, 0) is 9.53 Å². The molecule has 1 heterocycles. The monoisotopic (exact) mass is 351 g/mol. The third-order valence-corrected chi connectivity index (χ3v) is 3.72. The molecule has 0 fully saturated rings. The van der Waals surface area contributed by atoms with Gasteiger partial charge in [-0.3, -0.25) is 4.79 Å². The third-order valence-electron chi connectivity index (χ3n) is 3.72. The normalized spacial score (nSPS) is 22.3. The summed E-state index contributed by atoms with van der Waals surface area (Å²) in [6.07, 6.45) is 2.38. The minimum absolute atomic E-state index is 0.0957. The van der Waals surface area contributed by atoms with Crippen LogP contribution >= 0.6 is 0 Å². The number of carbonyl (C=O) groups is 2. The van der Waals surface area contributed by atoms with Gasteiger partial charge in [0.2, 0.25) is 5.91 Å². The molecule has 0 bridgehead atoms. The van der Waals surface area contributed by atoms with Crippen molar-refractivity contribution in [3.63, 3.8) is 0 Å². The Kier molecular flexibility index (Phi) is 6.49. The number of carbonyl (C=O) groups excluding carboxylic acids is 2. The number of anilines is 1. The van der Waals surface area contributed by atoms with Gasteiger partial charge in [-0.1, -0.05) is 18.2 Å². The molecule has 2 rings (SSSR count). The molecule has 0 radical (unpaired) electrons. The fourth-order valence-corrected chi connectivity index (χ4v) is 2.38. The number of aliphatic hydroxyl groups excluding tert-OH is 1. The van der Waals surface area contributed by atoms with Crippen LogP contribution in [0.5, 0.6) is 0 Å². The van der Waals surface area contributed by atoms with E-state index in [0.717, 1.165) is 0 Å². The van der Waals surface area contributed by atoms with E-state index in [-0.39, 0.29) is 18.9 Å². The zero-order valence-corrected chi connectivity index (χ0v) is 14.1. The number of benzene rings is 1. The summed E-state index contributed by atoms with van der Waals surface area (Å²) in [6, 6.07) is 4.39. The molecule has 136 valence electrons. The summed E-state index contributed by atoms with van der Waals surface area (Å²) in [4.78, 5) is 25.2. The second kappa shape index (κ2) is 8.59. The van der Waals surface area contributed by atoms with E-state index >= 15 is 0 Å². The van der Waals surface area contributed by atoms with Crippen molar-refractivity contribution in [2.24, 2.45) is 0 Å². The molecule has 0 aliphatic carbocycles. The largest absolute Gasteiger partial charge is 0.394 e. The fourth-order valence-electron chi connectivity index (χ4n) is 2.38. The first-order chi connectivity index (χ1) is 11.9. The molecule has 3 amide bonds. The molecule has 1 aliphatic rings. The summed E-state index contributed by atoms with van der Waals surface area (Å²) in [6.45, 7) is -0.318. The van der Waals surface area contributed by atoms with Crippen molar-refractivity contribution in [3.05, 3.63) is 42.2 Å². The lowest BCUT2D eigenvalue weighted by atomic mass is 10.0. The molecule has 3 atom stereocenters. The summed E-state index contributed by atoms with van der Waals surface area (Å²) in [7, 11) is 3.30. The van der Waals surface area contributed by atoms with Gasteiger partial charge in [-0.2, -0.15) is 0 Å². The molecule has 25 heavy (non-hydrogen) atoms. The van der Waals surface area contributed by atoms with Crippen LogP contribution in [0.25, 0.3) is 0 Å². The quantitative estimate of drug-likeness (QED) is 0.693. The Bertz CT molecular complexity index is 651. The summed E-state index contributed by atoms with van der Waals surface area (Å²) < 4.78 is 18.8. The second-order valence-electron chi connectivity index (χ2n) is 5.91. The summed E-state index contributed by atoms with van der Waals surface area (Å²) >= 11 is 0. The minimum atomic E-state index is -0.678. The molecule has 0 unspecified atom stereocenters. The van der Waals surface area contributed by atoms with Crippen LogP contribution in [0.2, 0.25) is 0 Å². The molecular weight excluding hydrogens is 329 g/mol. The van der Waals surface area contributed by atoms with Crippen LogP contribution in [0, 0.1) is 5.82 Å². The maximum Gasteiger partial charge on any atom is 0.319 e. The number of ether oxygens (including phenoxy) is 1. The average molecular weight is 351 g/mol. The highest BCUT2D eigenvalue weighted by Gasteiger charge is 2.29. The van der Waals surface area contributed by atoms with E-state index in [4.69, 9.17) is 4.74 Å². The van der Waals surface area contributed by atoms with Crippen LogP contribution in [-0.4, -0.2) is 60.9 Å². The molecule has 1 aromatic carbocycles. The molecule has 0 spiro atoms. The summed E-state index contributed by atoms with van der Waals surface area (Å²) in [5.41, 5.74) is 0.313. The van der Waals surface area contributed by atoms with Gasteiger partial charge in [0, 0.05) is 19.8 Å². The SMILES string of the molecule is CN(C)C(=O)C[C@H]1C=C[C@@H](NC(=O)Nc2cccc(F)c2)[C@@H](CO)O1. The minimum Gasteiger partial charge on any atom is -0.394 e. The first-order valence-electron chi connectivity index (χ1n) is 7.87. The maximum absolute atomic E-state index is 13.1. The standard InChI is InChI=1S/C17H22FN3O4/c1-21(2)16(23)9-13-6-7-14(15(10-22)25-13)20-17(24)19-12-5-3-4-11(18)8-12/h3-8,13-15,22H,9-10H2,1-2H3,(H2,19,20,24)/t13-,14-,15-/m1/s1. The van der Waals surface area contributed by atoms with E-state index in [1.807, 2.05) is 0 Å². The van der Waals surface area contributed by atoms with Crippen LogP contribution in [0.15, 0.2) is 36.4 Å². The highest BCUT2D eigenvalue weighted by molar-refractivity contribution is 5.89. The first-order valence-corrected chi connectivity index (χ1v) is 7.87.